The first-order valence-electron chi connectivity index (χ1n) is 6.36. The summed E-state index contributed by atoms with van der Waals surface area (Å²) in [7, 11) is 0. The highest BCUT2D eigenvalue weighted by molar-refractivity contribution is 5.96. The Morgan fingerprint density at radius 3 is 2.60 bits per heavy atom. The van der Waals surface area contributed by atoms with Gasteiger partial charge in [-0.3, -0.25) is 9.69 Å². The van der Waals surface area contributed by atoms with Crippen molar-refractivity contribution in [1.82, 2.24) is 9.78 Å². The molecule has 0 atom stereocenters. The maximum Gasteiger partial charge on any atom is 0.356 e. The average Bonchev–Trinajstić information content (AvgIpc) is 3.05. The van der Waals surface area contributed by atoms with Crippen LogP contribution in [-0.4, -0.2) is 33.3 Å². The van der Waals surface area contributed by atoms with E-state index in [0.29, 0.717) is 18.8 Å². The van der Waals surface area contributed by atoms with E-state index in [-0.39, 0.29) is 11.6 Å². The normalized spacial score (nSPS) is 14.8. The molecule has 6 nitrogen and oxygen atoms in total. The van der Waals surface area contributed by atoms with Crippen LogP contribution in [0.1, 0.15) is 23.3 Å². The molecule has 0 bridgehead atoms. The van der Waals surface area contributed by atoms with Crippen LogP contribution in [0.4, 0.5) is 5.82 Å². The molecule has 1 N–H and O–H groups in total. The van der Waals surface area contributed by atoms with Crippen LogP contribution in [-0.2, 0) is 4.79 Å². The number of amides is 1. The fourth-order valence-electron chi connectivity index (χ4n) is 2.32. The molecule has 6 heteroatoms. The molecule has 0 unspecified atom stereocenters. The van der Waals surface area contributed by atoms with Gasteiger partial charge in [-0.2, -0.15) is 5.10 Å². The SMILES string of the molecule is O=C(O)c1cc(N2CCCC2=O)n(-c2ccccc2)n1. The maximum absolute atomic E-state index is 11.9. The van der Waals surface area contributed by atoms with E-state index in [1.54, 1.807) is 4.90 Å². The Balaban J connectivity index is 2.12. The monoisotopic (exact) mass is 271 g/mol. The minimum atomic E-state index is -1.10. The molecule has 102 valence electrons. The Hall–Kier alpha value is -2.63. The number of aromatic nitrogens is 2. The van der Waals surface area contributed by atoms with Gasteiger partial charge in [-0.25, -0.2) is 9.48 Å². The largest absolute Gasteiger partial charge is 0.476 e. The molecule has 1 aliphatic heterocycles. The van der Waals surface area contributed by atoms with Crippen LogP contribution >= 0.6 is 0 Å². The number of carboxylic acid groups (broad SMARTS) is 1. The third-order valence-corrected chi connectivity index (χ3v) is 3.26. The Morgan fingerprint density at radius 1 is 1.25 bits per heavy atom. The number of carbonyl (C=O) groups excluding carboxylic acids is 1. The molecule has 1 saturated heterocycles. The van der Waals surface area contributed by atoms with Crippen molar-refractivity contribution in [1.29, 1.82) is 0 Å². The van der Waals surface area contributed by atoms with Crippen molar-refractivity contribution < 1.29 is 14.7 Å². The summed E-state index contributed by atoms with van der Waals surface area (Å²) in [6, 6.07) is 10.6. The van der Waals surface area contributed by atoms with Gasteiger partial charge in [0.2, 0.25) is 5.91 Å². The van der Waals surface area contributed by atoms with Crippen LogP contribution < -0.4 is 4.90 Å². The third kappa shape index (κ3) is 2.05. The van der Waals surface area contributed by atoms with Gasteiger partial charge in [0, 0.05) is 19.0 Å². The van der Waals surface area contributed by atoms with Crippen LogP contribution in [0.15, 0.2) is 36.4 Å². The van der Waals surface area contributed by atoms with Crippen molar-refractivity contribution in [2.45, 2.75) is 12.8 Å². The molecule has 1 aromatic carbocycles. The molecule has 1 aromatic heterocycles. The zero-order valence-electron chi connectivity index (χ0n) is 10.7. The second-order valence-electron chi connectivity index (χ2n) is 4.59. The number of aromatic carboxylic acids is 1. The molecule has 2 heterocycles. The summed E-state index contributed by atoms with van der Waals surface area (Å²) in [5, 5.41) is 13.2. The van der Waals surface area contributed by atoms with Crippen molar-refractivity contribution in [3.05, 3.63) is 42.1 Å². The first-order chi connectivity index (χ1) is 9.66. The first kappa shape index (κ1) is 12.4. The summed E-state index contributed by atoms with van der Waals surface area (Å²) in [5.41, 5.74) is 0.665. The minimum Gasteiger partial charge on any atom is -0.476 e. The summed E-state index contributed by atoms with van der Waals surface area (Å²) in [4.78, 5) is 24.6. The molecule has 0 saturated carbocycles. The molecule has 0 radical (unpaired) electrons. The number of rotatable bonds is 3. The summed E-state index contributed by atoms with van der Waals surface area (Å²) in [6.07, 6.45) is 1.27. The minimum absolute atomic E-state index is 0.000908. The van der Waals surface area contributed by atoms with E-state index in [9.17, 15) is 9.59 Å². The number of nitrogens with zero attached hydrogens (tertiary/aromatic N) is 3. The molecule has 1 amide bonds. The van der Waals surface area contributed by atoms with E-state index >= 15 is 0 Å². The van der Waals surface area contributed by atoms with Crippen molar-refractivity contribution in [2.75, 3.05) is 11.4 Å². The fraction of sp³-hybridized carbons (Fsp3) is 0.214. The quantitative estimate of drug-likeness (QED) is 0.921. The van der Waals surface area contributed by atoms with Gasteiger partial charge in [-0.05, 0) is 18.6 Å². The third-order valence-electron chi connectivity index (χ3n) is 3.26. The molecule has 1 fully saturated rings. The Labute approximate surface area is 115 Å². The van der Waals surface area contributed by atoms with Crippen LogP contribution in [0, 0.1) is 0 Å². The fourth-order valence-corrected chi connectivity index (χ4v) is 2.32. The van der Waals surface area contributed by atoms with E-state index in [1.807, 2.05) is 30.3 Å². The van der Waals surface area contributed by atoms with Crippen LogP contribution in [0.5, 0.6) is 0 Å². The van der Waals surface area contributed by atoms with Gasteiger partial charge in [0.15, 0.2) is 5.69 Å². The lowest BCUT2D eigenvalue weighted by Gasteiger charge is -2.16. The van der Waals surface area contributed by atoms with Crippen molar-refractivity contribution in [3.63, 3.8) is 0 Å². The van der Waals surface area contributed by atoms with E-state index in [4.69, 9.17) is 5.11 Å². The van der Waals surface area contributed by atoms with E-state index in [1.165, 1.54) is 10.7 Å². The molecular formula is C14H13N3O3. The van der Waals surface area contributed by atoms with Crippen molar-refractivity contribution in [3.8, 4) is 5.69 Å². The summed E-state index contributed by atoms with van der Waals surface area (Å²) >= 11 is 0. The van der Waals surface area contributed by atoms with E-state index < -0.39 is 5.97 Å². The lowest BCUT2D eigenvalue weighted by molar-refractivity contribution is -0.117. The van der Waals surface area contributed by atoms with Gasteiger partial charge in [-0.1, -0.05) is 18.2 Å². The molecule has 3 rings (SSSR count). The van der Waals surface area contributed by atoms with Gasteiger partial charge in [0.25, 0.3) is 0 Å². The van der Waals surface area contributed by atoms with E-state index in [2.05, 4.69) is 5.10 Å². The lowest BCUT2D eigenvalue weighted by atomic mass is 10.3. The second kappa shape index (κ2) is 4.80. The number of carboxylic acids is 1. The number of carbonyl (C=O) groups is 2. The van der Waals surface area contributed by atoms with Gasteiger partial charge in [0.1, 0.15) is 5.82 Å². The van der Waals surface area contributed by atoms with Crippen LogP contribution in [0.3, 0.4) is 0 Å². The average molecular weight is 271 g/mol. The molecule has 0 aliphatic carbocycles. The Kier molecular flexibility index (Phi) is 2.98. The van der Waals surface area contributed by atoms with Crippen LogP contribution in [0.25, 0.3) is 5.69 Å². The number of hydrogen-bond donors (Lipinski definition) is 1. The summed E-state index contributed by atoms with van der Waals surface area (Å²) in [5.74, 6) is -0.595. The Bertz CT molecular complexity index is 664. The number of benzene rings is 1. The highest BCUT2D eigenvalue weighted by Crippen LogP contribution is 2.25. The highest BCUT2D eigenvalue weighted by atomic mass is 16.4. The smallest absolute Gasteiger partial charge is 0.356 e. The molecule has 1 aliphatic rings. The standard InChI is InChI=1S/C14H13N3O3/c18-13-7-4-8-16(13)12-9-11(14(19)20)15-17(12)10-5-2-1-3-6-10/h1-3,5-6,9H,4,7-8H2,(H,19,20). The zero-order chi connectivity index (χ0) is 14.1. The predicted molar refractivity (Wildman–Crippen MR) is 72.1 cm³/mol. The molecular weight excluding hydrogens is 258 g/mol. The van der Waals surface area contributed by atoms with Crippen LogP contribution in [0.2, 0.25) is 0 Å². The summed E-state index contributed by atoms with van der Waals surface area (Å²) < 4.78 is 1.51. The second-order valence-corrected chi connectivity index (χ2v) is 4.59. The van der Waals surface area contributed by atoms with Crippen molar-refractivity contribution >= 4 is 17.7 Å². The van der Waals surface area contributed by atoms with Gasteiger partial charge in [0.05, 0.1) is 5.69 Å². The van der Waals surface area contributed by atoms with Gasteiger partial charge in [-0.15, -0.1) is 0 Å². The number of para-hydroxylation sites is 1. The molecule has 0 spiro atoms. The van der Waals surface area contributed by atoms with E-state index in [0.717, 1.165) is 12.1 Å². The lowest BCUT2D eigenvalue weighted by Crippen LogP contribution is -2.26. The van der Waals surface area contributed by atoms with Gasteiger partial charge >= 0.3 is 5.97 Å². The zero-order valence-corrected chi connectivity index (χ0v) is 10.7. The van der Waals surface area contributed by atoms with Crippen molar-refractivity contribution in [2.24, 2.45) is 0 Å². The molecule has 2 aromatic rings. The summed E-state index contributed by atoms with van der Waals surface area (Å²) in [6.45, 7) is 0.594. The molecule has 20 heavy (non-hydrogen) atoms. The Morgan fingerprint density at radius 2 is 2.00 bits per heavy atom. The predicted octanol–water partition coefficient (Wildman–Crippen LogP) is 1.70. The maximum atomic E-state index is 11.9. The van der Waals surface area contributed by atoms with Gasteiger partial charge < -0.3 is 5.11 Å². The first-order valence-corrected chi connectivity index (χ1v) is 6.36. The topological polar surface area (TPSA) is 75.4 Å². The number of anilines is 1. The number of hydrogen-bond acceptors (Lipinski definition) is 3. The highest BCUT2D eigenvalue weighted by Gasteiger charge is 2.27.